The molecule has 1 unspecified atom stereocenters. The Balaban J connectivity index is 1.42. The minimum absolute atomic E-state index is 0.376. The standard InChI is InChI=1S/C11H21NO2/c1-9(14-11-7-13-8-11)3-2-6-12-10-4-5-10/h9-12H,2-8H2,1H3. The Morgan fingerprint density at radius 1 is 1.43 bits per heavy atom. The summed E-state index contributed by atoms with van der Waals surface area (Å²) < 4.78 is 10.8. The van der Waals surface area contributed by atoms with Crippen molar-refractivity contribution in [1.29, 1.82) is 0 Å². The second-order valence-electron chi connectivity index (χ2n) is 4.48. The first-order chi connectivity index (χ1) is 6.84. The first-order valence-electron chi connectivity index (χ1n) is 5.81. The molecule has 1 saturated carbocycles. The molecule has 1 aliphatic heterocycles. The first-order valence-corrected chi connectivity index (χ1v) is 5.81. The lowest BCUT2D eigenvalue weighted by Gasteiger charge is -2.29. The van der Waals surface area contributed by atoms with Crippen LogP contribution in [0.3, 0.4) is 0 Å². The average Bonchev–Trinajstić information content (AvgIpc) is 2.89. The molecular formula is C11H21NO2. The van der Waals surface area contributed by atoms with Crippen molar-refractivity contribution in [3.05, 3.63) is 0 Å². The lowest BCUT2D eigenvalue weighted by atomic mass is 10.2. The molecule has 1 N–H and O–H groups in total. The van der Waals surface area contributed by atoms with Crippen LogP contribution < -0.4 is 5.32 Å². The van der Waals surface area contributed by atoms with E-state index in [0.717, 1.165) is 32.2 Å². The van der Waals surface area contributed by atoms with Crippen LogP contribution in [0.15, 0.2) is 0 Å². The molecule has 1 heterocycles. The maximum absolute atomic E-state index is 5.76. The van der Waals surface area contributed by atoms with Gasteiger partial charge in [-0.2, -0.15) is 0 Å². The van der Waals surface area contributed by atoms with Crippen LogP contribution in [-0.4, -0.2) is 38.0 Å². The van der Waals surface area contributed by atoms with Crippen LogP contribution in [0, 0.1) is 0 Å². The van der Waals surface area contributed by atoms with Crippen molar-refractivity contribution in [2.24, 2.45) is 0 Å². The molecule has 0 aromatic carbocycles. The molecule has 3 heteroatoms. The largest absolute Gasteiger partial charge is 0.376 e. The molecule has 0 amide bonds. The SMILES string of the molecule is CC(CCCNC1CC1)OC1COC1. The van der Waals surface area contributed by atoms with Crippen molar-refractivity contribution < 1.29 is 9.47 Å². The Kier molecular flexibility index (Phi) is 3.79. The van der Waals surface area contributed by atoms with Crippen LogP contribution in [0.1, 0.15) is 32.6 Å². The van der Waals surface area contributed by atoms with E-state index in [-0.39, 0.29) is 0 Å². The fourth-order valence-electron chi connectivity index (χ4n) is 1.67. The number of hydrogen-bond donors (Lipinski definition) is 1. The highest BCUT2D eigenvalue weighted by atomic mass is 16.6. The van der Waals surface area contributed by atoms with Crippen molar-refractivity contribution in [3.8, 4) is 0 Å². The maximum Gasteiger partial charge on any atom is 0.104 e. The predicted molar refractivity (Wildman–Crippen MR) is 55.4 cm³/mol. The molecule has 3 nitrogen and oxygen atoms in total. The fraction of sp³-hybridized carbons (Fsp3) is 1.00. The van der Waals surface area contributed by atoms with Crippen molar-refractivity contribution in [3.63, 3.8) is 0 Å². The number of rotatable bonds is 7. The molecule has 82 valence electrons. The minimum Gasteiger partial charge on any atom is -0.376 e. The van der Waals surface area contributed by atoms with Crippen molar-refractivity contribution in [1.82, 2.24) is 5.32 Å². The van der Waals surface area contributed by atoms with Crippen molar-refractivity contribution in [2.45, 2.75) is 50.9 Å². The fourth-order valence-corrected chi connectivity index (χ4v) is 1.67. The van der Waals surface area contributed by atoms with E-state index in [1.165, 1.54) is 19.3 Å². The molecule has 1 atom stereocenters. The molecule has 0 aromatic heterocycles. The van der Waals surface area contributed by atoms with E-state index in [2.05, 4.69) is 12.2 Å². The molecule has 2 rings (SSSR count). The van der Waals surface area contributed by atoms with Gasteiger partial charge in [0.05, 0.1) is 19.3 Å². The summed E-state index contributed by atoms with van der Waals surface area (Å²) in [6.45, 7) is 4.91. The molecule has 2 fully saturated rings. The summed E-state index contributed by atoms with van der Waals surface area (Å²) in [4.78, 5) is 0. The Labute approximate surface area is 86.2 Å². The van der Waals surface area contributed by atoms with Gasteiger partial charge >= 0.3 is 0 Å². The van der Waals surface area contributed by atoms with E-state index in [4.69, 9.17) is 9.47 Å². The molecule has 2 aliphatic rings. The summed E-state index contributed by atoms with van der Waals surface area (Å²) in [6, 6.07) is 0.839. The third-order valence-electron chi connectivity index (χ3n) is 2.83. The normalized spacial score (nSPS) is 24.6. The molecule has 0 radical (unpaired) electrons. The third kappa shape index (κ3) is 3.56. The second kappa shape index (κ2) is 5.10. The highest BCUT2D eigenvalue weighted by Gasteiger charge is 2.22. The van der Waals surface area contributed by atoms with Crippen LogP contribution in [0.4, 0.5) is 0 Å². The summed E-state index contributed by atoms with van der Waals surface area (Å²) in [7, 11) is 0. The molecule has 1 saturated heterocycles. The van der Waals surface area contributed by atoms with E-state index < -0.39 is 0 Å². The molecule has 1 aliphatic carbocycles. The van der Waals surface area contributed by atoms with Crippen molar-refractivity contribution in [2.75, 3.05) is 19.8 Å². The highest BCUT2D eigenvalue weighted by Crippen LogP contribution is 2.18. The Hall–Kier alpha value is -0.120. The quantitative estimate of drug-likeness (QED) is 0.627. The van der Waals surface area contributed by atoms with Crippen LogP contribution >= 0.6 is 0 Å². The smallest absolute Gasteiger partial charge is 0.104 e. The summed E-state index contributed by atoms with van der Waals surface area (Å²) in [6.07, 6.45) is 5.92. The van der Waals surface area contributed by atoms with E-state index in [9.17, 15) is 0 Å². The summed E-state index contributed by atoms with van der Waals surface area (Å²) >= 11 is 0. The van der Waals surface area contributed by atoms with Gasteiger partial charge in [-0.1, -0.05) is 0 Å². The summed E-state index contributed by atoms with van der Waals surface area (Å²) in [5, 5.41) is 3.51. The third-order valence-corrected chi connectivity index (χ3v) is 2.83. The van der Waals surface area contributed by atoms with Gasteiger partial charge in [0.25, 0.3) is 0 Å². The van der Waals surface area contributed by atoms with Gasteiger partial charge < -0.3 is 14.8 Å². The number of nitrogens with one attached hydrogen (secondary N) is 1. The minimum atomic E-state index is 0.376. The lowest BCUT2D eigenvalue weighted by molar-refractivity contribution is -0.151. The van der Waals surface area contributed by atoms with Gasteiger partial charge in [0.1, 0.15) is 6.10 Å². The zero-order valence-corrected chi connectivity index (χ0v) is 9.00. The Morgan fingerprint density at radius 3 is 2.79 bits per heavy atom. The van der Waals surface area contributed by atoms with E-state index in [1.54, 1.807) is 0 Å². The molecule has 0 spiro atoms. The van der Waals surface area contributed by atoms with Gasteiger partial charge in [-0.25, -0.2) is 0 Å². The van der Waals surface area contributed by atoms with Gasteiger partial charge in [0.2, 0.25) is 0 Å². The Morgan fingerprint density at radius 2 is 2.21 bits per heavy atom. The second-order valence-corrected chi connectivity index (χ2v) is 4.48. The molecule has 14 heavy (non-hydrogen) atoms. The zero-order chi connectivity index (χ0) is 9.80. The van der Waals surface area contributed by atoms with Gasteiger partial charge in [-0.15, -0.1) is 0 Å². The van der Waals surface area contributed by atoms with Crippen molar-refractivity contribution >= 4 is 0 Å². The number of ether oxygens (including phenoxy) is 2. The van der Waals surface area contributed by atoms with Crippen LogP contribution in [-0.2, 0) is 9.47 Å². The molecule has 0 aromatic rings. The van der Waals surface area contributed by atoms with Gasteiger partial charge in [-0.3, -0.25) is 0 Å². The first kappa shape index (κ1) is 10.4. The average molecular weight is 199 g/mol. The van der Waals surface area contributed by atoms with E-state index in [0.29, 0.717) is 12.2 Å². The van der Waals surface area contributed by atoms with Crippen LogP contribution in [0.25, 0.3) is 0 Å². The number of hydrogen-bond acceptors (Lipinski definition) is 3. The van der Waals surface area contributed by atoms with Gasteiger partial charge in [0, 0.05) is 6.04 Å². The summed E-state index contributed by atoms with van der Waals surface area (Å²) in [5.41, 5.74) is 0. The topological polar surface area (TPSA) is 30.5 Å². The van der Waals surface area contributed by atoms with Gasteiger partial charge in [0.15, 0.2) is 0 Å². The van der Waals surface area contributed by atoms with Crippen LogP contribution in [0.2, 0.25) is 0 Å². The van der Waals surface area contributed by atoms with E-state index in [1.807, 2.05) is 0 Å². The highest BCUT2D eigenvalue weighted by molar-refractivity contribution is 4.80. The van der Waals surface area contributed by atoms with E-state index >= 15 is 0 Å². The molecular weight excluding hydrogens is 178 g/mol. The Bertz CT molecular complexity index is 167. The molecule has 0 bridgehead atoms. The monoisotopic (exact) mass is 199 g/mol. The maximum atomic E-state index is 5.76. The zero-order valence-electron chi connectivity index (χ0n) is 9.00. The predicted octanol–water partition coefficient (Wildman–Crippen LogP) is 1.32. The van der Waals surface area contributed by atoms with Gasteiger partial charge in [-0.05, 0) is 39.2 Å². The summed E-state index contributed by atoms with van der Waals surface area (Å²) in [5.74, 6) is 0. The lowest BCUT2D eigenvalue weighted by Crippen LogP contribution is -2.38. The van der Waals surface area contributed by atoms with Crippen LogP contribution in [0.5, 0.6) is 0 Å².